The standard InChI is InChI=1S/C14H16BrF3N2/c15-12-7-6-10(8-11(12)14(16,17)18)20-13(19)9-4-2-1-3-5-9/h6-9H,1-5H2,(H2,19,20). The lowest BCUT2D eigenvalue weighted by Crippen LogP contribution is -2.25. The van der Waals surface area contributed by atoms with Crippen molar-refractivity contribution >= 4 is 27.5 Å². The molecular weight excluding hydrogens is 333 g/mol. The minimum Gasteiger partial charge on any atom is -0.387 e. The van der Waals surface area contributed by atoms with Crippen molar-refractivity contribution in [1.29, 1.82) is 0 Å². The van der Waals surface area contributed by atoms with Gasteiger partial charge in [-0.05, 0) is 31.0 Å². The second kappa shape index (κ2) is 6.16. The van der Waals surface area contributed by atoms with Crippen LogP contribution in [-0.4, -0.2) is 5.84 Å². The number of amidine groups is 1. The summed E-state index contributed by atoms with van der Waals surface area (Å²) in [5.41, 5.74) is 5.46. The van der Waals surface area contributed by atoms with E-state index >= 15 is 0 Å². The number of hydrogen-bond acceptors (Lipinski definition) is 1. The minimum atomic E-state index is -4.40. The molecule has 110 valence electrons. The van der Waals surface area contributed by atoms with Gasteiger partial charge in [0.2, 0.25) is 0 Å². The smallest absolute Gasteiger partial charge is 0.387 e. The first kappa shape index (κ1) is 15.4. The number of nitrogens with zero attached hydrogens (tertiary/aromatic N) is 1. The Morgan fingerprint density at radius 2 is 1.85 bits per heavy atom. The lowest BCUT2D eigenvalue weighted by Gasteiger charge is -2.21. The quantitative estimate of drug-likeness (QED) is 0.590. The molecule has 1 fully saturated rings. The normalized spacial score (nSPS) is 18.3. The highest BCUT2D eigenvalue weighted by Gasteiger charge is 2.33. The van der Waals surface area contributed by atoms with Crippen molar-refractivity contribution in [3.8, 4) is 0 Å². The van der Waals surface area contributed by atoms with Gasteiger partial charge in [-0.15, -0.1) is 0 Å². The van der Waals surface area contributed by atoms with Gasteiger partial charge in [-0.25, -0.2) is 4.99 Å². The van der Waals surface area contributed by atoms with Gasteiger partial charge in [-0.1, -0.05) is 35.2 Å². The van der Waals surface area contributed by atoms with E-state index < -0.39 is 11.7 Å². The highest BCUT2D eigenvalue weighted by molar-refractivity contribution is 9.10. The summed E-state index contributed by atoms with van der Waals surface area (Å²) in [7, 11) is 0. The highest BCUT2D eigenvalue weighted by Crippen LogP contribution is 2.37. The fourth-order valence-electron chi connectivity index (χ4n) is 2.44. The van der Waals surface area contributed by atoms with E-state index in [1.807, 2.05) is 0 Å². The molecule has 20 heavy (non-hydrogen) atoms. The maximum Gasteiger partial charge on any atom is 0.417 e. The molecule has 0 saturated heterocycles. The van der Waals surface area contributed by atoms with Crippen LogP contribution < -0.4 is 5.73 Å². The predicted molar refractivity (Wildman–Crippen MR) is 77.0 cm³/mol. The Hall–Kier alpha value is -1.04. The van der Waals surface area contributed by atoms with Gasteiger partial charge in [0.1, 0.15) is 5.84 Å². The molecule has 2 N–H and O–H groups in total. The zero-order valence-electron chi connectivity index (χ0n) is 10.9. The number of alkyl halides is 3. The number of nitrogens with two attached hydrogens (primary N) is 1. The van der Waals surface area contributed by atoms with E-state index in [1.54, 1.807) is 0 Å². The van der Waals surface area contributed by atoms with E-state index in [-0.39, 0.29) is 16.1 Å². The number of aliphatic imine (C=N–C) groups is 1. The van der Waals surface area contributed by atoms with Gasteiger partial charge >= 0.3 is 6.18 Å². The molecule has 0 radical (unpaired) electrons. The summed E-state index contributed by atoms with van der Waals surface area (Å²) in [5.74, 6) is 0.641. The molecule has 0 spiro atoms. The molecule has 0 aliphatic heterocycles. The van der Waals surface area contributed by atoms with Crippen LogP contribution in [0.15, 0.2) is 27.7 Å². The molecular formula is C14H16BrF3N2. The third kappa shape index (κ3) is 3.75. The Morgan fingerprint density at radius 1 is 1.20 bits per heavy atom. The highest BCUT2D eigenvalue weighted by atomic mass is 79.9. The predicted octanol–water partition coefficient (Wildman–Crippen LogP) is 5.04. The van der Waals surface area contributed by atoms with Crippen LogP contribution in [0.25, 0.3) is 0 Å². The summed E-state index contributed by atoms with van der Waals surface area (Å²) in [5, 5.41) is 0. The zero-order valence-corrected chi connectivity index (χ0v) is 12.5. The molecule has 0 atom stereocenters. The maximum absolute atomic E-state index is 12.8. The van der Waals surface area contributed by atoms with Crippen molar-refractivity contribution < 1.29 is 13.2 Å². The van der Waals surface area contributed by atoms with E-state index in [4.69, 9.17) is 5.73 Å². The van der Waals surface area contributed by atoms with E-state index in [2.05, 4.69) is 20.9 Å². The lowest BCUT2D eigenvalue weighted by atomic mass is 9.88. The average Bonchev–Trinajstić information content (AvgIpc) is 2.40. The van der Waals surface area contributed by atoms with E-state index in [0.717, 1.165) is 31.7 Å². The van der Waals surface area contributed by atoms with Crippen molar-refractivity contribution in [3.63, 3.8) is 0 Å². The Morgan fingerprint density at radius 3 is 2.45 bits per heavy atom. The molecule has 1 aliphatic carbocycles. The van der Waals surface area contributed by atoms with Crippen molar-refractivity contribution in [3.05, 3.63) is 28.2 Å². The first-order chi connectivity index (χ1) is 9.38. The van der Waals surface area contributed by atoms with Crippen LogP contribution >= 0.6 is 15.9 Å². The second-order valence-corrected chi connectivity index (χ2v) is 5.89. The molecule has 1 aliphatic rings. The summed E-state index contributed by atoms with van der Waals surface area (Å²) < 4.78 is 38.4. The van der Waals surface area contributed by atoms with Gasteiger partial charge in [0.05, 0.1) is 11.3 Å². The summed E-state index contributed by atoms with van der Waals surface area (Å²) >= 11 is 2.91. The summed E-state index contributed by atoms with van der Waals surface area (Å²) in [4.78, 5) is 4.17. The maximum atomic E-state index is 12.8. The zero-order chi connectivity index (χ0) is 14.8. The molecule has 1 aromatic rings. The molecule has 2 nitrogen and oxygen atoms in total. The number of benzene rings is 1. The fraction of sp³-hybridized carbons (Fsp3) is 0.500. The SMILES string of the molecule is NC(=Nc1ccc(Br)c(C(F)(F)F)c1)C1CCCCC1. The molecule has 1 saturated carbocycles. The molecule has 0 bridgehead atoms. The van der Waals surface area contributed by atoms with Gasteiger partial charge in [-0.3, -0.25) is 0 Å². The monoisotopic (exact) mass is 348 g/mol. The Balaban J connectivity index is 2.24. The average molecular weight is 349 g/mol. The molecule has 0 amide bonds. The van der Waals surface area contributed by atoms with Gasteiger partial charge < -0.3 is 5.73 Å². The third-order valence-electron chi connectivity index (χ3n) is 3.54. The van der Waals surface area contributed by atoms with Crippen LogP contribution in [0.1, 0.15) is 37.7 Å². The summed E-state index contributed by atoms with van der Waals surface area (Å²) in [6.07, 6.45) is 0.949. The van der Waals surface area contributed by atoms with Crippen LogP contribution in [0.2, 0.25) is 0 Å². The fourth-order valence-corrected chi connectivity index (χ4v) is 2.91. The Kier molecular flexibility index (Phi) is 4.73. The van der Waals surface area contributed by atoms with Crippen LogP contribution in [-0.2, 0) is 6.18 Å². The van der Waals surface area contributed by atoms with Crippen molar-refractivity contribution in [2.24, 2.45) is 16.6 Å². The van der Waals surface area contributed by atoms with E-state index in [0.29, 0.717) is 5.84 Å². The number of rotatable bonds is 2. The Bertz CT molecular complexity index is 506. The largest absolute Gasteiger partial charge is 0.417 e. The lowest BCUT2D eigenvalue weighted by molar-refractivity contribution is -0.138. The second-order valence-electron chi connectivity index (χ2n) is 5.03. The van der Waals surface area contributed by atoms with Crippen molar-refractivity contribution in [2.45, 2.75) is 38.3 Å². The van der Waals surface area contributed by atoms with Crippen molar-refractivity contribution in [2.75, 3.05) is 0 Å². The molecule has 0 unspecified atom stereocenters. The third-order valence-corrected chi connectivity index (χ3v) is 4.23. The van der Waals surface area contributed by atoms with Gasteiger partial charge in [0, 0.05) is 10.4 Å². The molecule has 1 aromatic carbocycles. The van der Waals surface area contributed by atoms with Crippen molar-refractivity contribution in [1.82, 2.24) is 0 Å². The first-order valence-electron chi connectivity index (χ1n) is 6.59. The summed E-state index contributed by atoms with van der Waals surface area (Å²) in [6.45, 7) is 0. The van der Waals surface area contributed by atoms with Crippen LogP contribution in [0, 0.1) is 5.92 Å². The molecule has 0 aromatic heterocycles. The number of hydrogen-bond donors (Lipinski definition) is 1. The van der Waals surface area contributed by atoms with Crippen LogP contribution in [0.3, 0.4) is 0 Å². The molecule has 6 heteroatoms. The van der Waals surface area contributed by atoms with Gasteiger partial charge in [0.25, 0.3) is 0 Å². The minimum absolute atomic E-state index is 0.0141. The van der Waals surface area contributed by atoms with E-state index in [9.17, 15) is 13.2 Å². The van der Waals surface area contributed by atoms with Gasteiger partial charge in [-0.2, -0.15) is 13.2 Å². The summed E-state index contributed by atoms with van der Waals surface area (Å²) in [6, 6.07) is 3.92. The Labute approximate surface area is 124 Å². The molecule has 0 heterocycles. The van der Waals surface area contributed by atoms with E-state index in [1.165, 1.54) is 18.6 Å². The van der Waals surface area contributed by atoms with Crippen LogP contribution in [0.4, 0.5) is 18.9 Å². The van der Waals surface area contributed by atoms with Crippen LogP contribution in [0.5, 0.6) is 0 Å². The number of halogens is 4. The molecule has 2 rings (SSSR count). The topological polar surface area (TPSA) is 38.4 Å². The first-order valence-corrected chi connectivity index (χ1v) is 7.38. The van der Waals surface area contributed by atoms with Gasteiger partial charge in [0.15, 0.2) is 0 Å².